The van der Waals surface area contributed by atoms with Crippen molar-refractivity contribution in [2.45, 2.75) is 6.04 Å². The van der Waals surface area contributed by atoms with Gasteiger partial charge in [0.05, 0.1) is 20.8 Å². The van der Waals surface area contributed by atoms with Crippen LogP contribution in [-0.2, 0) is 4.74 Å². The molecule has 1 heterocycles. The fourth-order valence-electron chi connectivity index (χ4n) is 2.04. The average Bonchev–Trinajstić information content (AvgIpc) is 2.60. The Bertz CT molecular complexity index is 631. The van der Waals surface area contributed by atoms with Gasteiger partial charge in [-0.1, -0.05) is 0 Å². The van der Waals surface area contributed by atoms with Crippen molar-refractivity contribution in [2.75, 3.05) is 45.1 Å². The van der Waals surface area contributed by atoms with Crippen molar-refractivity contribution in [1.82, 2.24) is 9.97 Å². The van der Waals surface area contributed by atoms with Crippen molar-refractivity contribution in [3.05, 3.63) is 30.5 Å². The van der Waals surface area contributed by atoms with Crippen LogP contribution in [0.15, 0.2) is 30.5 Å². The Balaban J connectivity index is 2.06. The van der Waals surface area contributed by atoms with E-state index in [9.17, 15) is 0 Å². The summed E-state index contributed by atoms with van der Waals surface area (Å²) in [6.07, 6.45) is 1.66. The van der Waals surface area contributed by atoms with Crippen LogP contribution in [0.4, 0.5) is 17.5 Å². The number of aromatic nitrogens is 2. The Labute approximate surface area is 141 Å². The van der Waals surface area contributed by atoms with Gasteiger partial charge in [0.1, 0.15) is 17.3 Å². The zero-order valence-corrected chi connectivity index (χ0v) is 14.1. The topological polar surface area (TPSA) is 104 Å². The summed E-state index contributed by atoms with van der Waals surface area (Å²) < 4.78 is 15.5. The van der Waals surface area contributed by atoms with Gasteiger partial charge in [-0.25, -0.2) is 4.98 Å². The second-order valence-corrected chi connectivity index (χ2v) is 5.09. The van der Waals surface area contributed by atoms with Gasteiger partial charge < -0.3 is 30.6 Å². The number of hydrogen-bond acceptors (Lipinski definition) is 8. The second kappa shape index (κ2) is 8.90. The van der Waals surface area contributed by atoms with Gasteiger partial charge in [-0.3, -0.25) is 0 Å². The summed E-state index contributed by atoms with van der Waals surface area (Å²) >= 11 is 0. The van der Waals surface area contributed by atoms with Gasteiger partial charge in [0.25, 0.3) is 0 Å². The van der Waals surface area contributed by atoms with Gasteiger partial charge >= 0.3 is 0 Å². The molecule has 0 aliphatic carbocycles. The number of nitrogens with zero attached hydrogens (tertiary/aromatic N) is 2. The maximum atomic E-state index is 5.87. The molecule has 1 aromatic carbocycles. The van der Waals surface area contributed by atoms with E-state index < -0.39 is 0 Å². The summed E-state index contributed by atoms with van der Waals surface area (Å²) in [4.78, 5) is 8.57. The largest absolute Gasteiger partial charge is 0.497 e. The molecule has 1 atom stereocenters. The molecule has 8 nitrogen and oxygen atoms in total. The minimum absolute atomic E-state index is 0.127. The van der Waals surface area contributed by atoms with Crippen LogP contribution in [0.3, 0.4) is 0 Å². The molecule has 24 heavy (non-hydrogen) atoms. The second-order valence-electron chi connectivity index (χ2n) is 5.09. The molecule has 0 amide bonds. The fourth-order valence-corrected chi connectivity index (χ4v) is 2.04. The SMILES string of the molecule is COCC(N)CNc1nccc(Nc2cc(OC)cc(OC)c2)n1. The van der Waals surface area contributed by atoms with E-state index in [1.54, 1.807) is 39.7 Å². The van der Waals surface area contributed by atoms with E-state index in [-0.39, 0.29) is 6.04 Å². The molecule has 0 bridgehead atoms. The molecule has 2 rings (SSSR count). The Hall–Kier alpha value is -2.58. The van der Waals surface area contributed by atoms with Crippen LogP contribution in [0.5, 0.6) is 11.5 Å². The first-order chi connectivity index (χ1) is 11.6. The number of hydrogen-bond donors (Lipinski definition) is 3. The first-order valence-corrected chi connectivity index (χ1v) is 7.46. The molecular formula is C16H23N5O3. The Morgan fingerprint density at radius 1 is 1.12 bits per heavy atom. The highest BCUT2D eigenvalue weighted by atomic mass is 16.5. The van der Waals surface area contributed by atoms with Crippen molar-refractivity contribution in [3.63, 3.8) is 0 Å². The first kappa shape index (κ1) is 17.8. The van der Waals surface area contributed by atoms with Crippen molar-refractivity contribution in [3.8, 4) is 11.5 Å². The van der Waals surface area contributed by atoms with Crippen LogP contribution in [0, 0.1) is 0 Å². The van der Waals surface area contributed by atoms with Crippen molar-refractivity contribution in [1.29, 1.82) is 0 Å². The van der Waals surface area contributed by atoms with Crippen molar-refractivity contribution >= 4 is 17.5 Å². The normalized spacial score (nSPS) is 11.7. The first-order valence-electron chi connectivity index (χ1n) is 7.46. The zero-order chi connectivity index (χ0) is 17.4. The molecule has 0 saturated carbocycles. The number of nitrogens with two attached hydrogens (primary N) is 1. The lowest BCUT2D eigenvalue weighted by Crippen LogP contribution is -2.33. The van der Waals surface area contributed by atoms with Crippen LogP contribution < -0.4 is 25.8 Å². The predicted molar refractivity (Wildman–Crippen MR) is 93.2 cm³/mol. The monoisotopic (exact) mass is 333 g/mol. The minimum atomic E-state index is -0.127. The number of nitrogens with one attached hydrogen (secondary N) is 2. The number of anilines is 3. The van der Waals surface area contributed by atoms with Gasteiger partial charge in [0.15, 0.2) is 0 Å². The Kier molecular flexibility index (Phi) is 6.59. The van der Waals surface area contributed by atoms with Crippen molar-refractivity contribution < 1.29 is 14.2 Å². The minimum Gasteiger partial charge on any atom is -0.497 e. The molecule has 2 aromatic rings. The van der Waals surface area contributed by atoms with Crippen LogP contribution >= 0.6 is 0 Å². The van der Waals surface area contributed by atoms with E-state index >= 15 is 0 Å². The summed E-state index contributed by atoms with van der Waals surface area (Å²) in [5.41, 5.74) is 6.67. The van der Waals surface area contributed by atoms with E-state index in [0.717, 1.165) is 5.69 Å². The van der Waals surface area contributed by atoms with Gasteiger partial charge in [-0.05, 0) is 6.07 Å². The number of methoxy groups -OCH3 is 3. The lowest BCUT2D eigenvalue weighted by Gasteiger charge is -2.13. The summed E-state index contributed by atoms with van der Waals surface area (Å²) in [5.74, 6) is 2.51. The molecule has 0 spiro atoms. The van der Waals surface area contributed by atoms with Crippen molar-refractivity contribution in [2.24, 2.45) is 5.73 Å². The highest BCUT2D eigenvalue weighted by Gasteiger charge is 2.06. The standard InChI is InChI=1S/C16H23N5O3/c1-22-10-11(17)9-19-16-18-5-4-15(21-16)20-12-6-13(23-2)8-14(7-12)24-3/h4-8,11H,9-10,17H2,1-3H3,(H2,18,19,20,21). The van der Waals surface area contributed by atoms with E-state index in [2.05, 4.69) is 20.6 Å². The molecule has 0 aliphatic heterocycles. The third-order valence-electron chi connectivity index (χ3n) is 3.18. The molecule has 1 unspecified atom stereocenters. The Morgan fingerprint density at radius 2 is 1.83 bits per heavy atom. The highest BCUT2D eigenvalue weighted by Crippen LogP contribution is 2.27. The maximum absolute atomic E-state index is 5.87. The van der Waals surface area contributed by atoms with E-state index in [1.165, 1.54) is 0 Å². The highest BCUT2D eigenvalue weighted by molar-refractivity contribution is 5.61. The predicted octanol–water partition coefficient (Wildman–Crippen LogP) is 1.62. The van der Waals surface area contributed by atoms with Gasteiger partial charge in [-0.15, -0.1) is 0 Å². The van der Waals surface area contributed by atoms with Crippen LogP contribution in [0.1, 0.15) is 0 Å². The molecule has 8 heteroatoms. The zero-order valence-electron chi connectivity index (χ0n) is 14.1. The molecule has 0 fully saturated rings. The molecular weight excluding hydrogens is 310 g/mol. The van der Waals surface area contributed by atoms with E-state index in [4.69, 9.17) is 19.9 Å². The lowest BCUT2D eigenvalue weighted by molar-refractivity contribution is 0.183. The number of rotatable bonds is 9. The van der Waals surface area contributed by atoms with E-state index in [0.29, 0.717) is 36.4 Å². The van der Waals surface area contributed by atoms with E-state index in [1.807, 2.05) is 12.1 Å². The summed E-state index contributed by atoms with van der Waals surface area (Å²) in [6, 6.07) is 7.15. The van der Waals surface area contributed by atoms with Gasteiger partial charge in [0.2, 0.25) is 5.95 Å². The van der Waals surface area contributed by atoms with Gasteiger partial charge in [0, 0.05) is 49.8 Å². The molecule has 1 aromatic heterocycles. The summed E-state index contributed by atoms with van der Waals surface area (Å²) in [5, 5.41) is 6.28. The summed E-state index contributed by atoms with van der Waals surface area (Å²) in [6.45, 7) is 0.985. The number of benzene rings is 1. The smallest absolute Gasteiger partial charge is 0.224 e. The molecule has 0 saturated heterocycles. The Morgan fingerprint density at radius 3 is 2.46 bits per heavy atom. The molecule has 130 valence electrons. The summed E-state index contributed by atoms with van der Waals surface area (Å²) in [7, 11) is 4.83. The quantitative estimate of drug-likeness (QED) is 0.636. The third-order valence-corrected chi connectivity index (χ3v) is 3.18. The molecule has 0 aliphatic rings. The average molecular weight is 333 g/mol. The third kappa shape index (κ3) is 5.25. The number of ether oxygens (including phenoxy) is 3. The van der Waals surface area contributed by atoms with Gasteiger partial charge in [-0.2, -0.15) is 4.98 Å². The lowest BCUT2D eigenvalue weighted by atomic mass is 10.2. The van der Waals surface area contributed by atoms with Crippen LogP contribution in [0.2, 0.25) is 0 Å². The van der Waals surface area contributed by atoms with Crippen LogP contribution in [0.25, 0.3) is 0 Å². The fraction of sp³-hybridized carbons (Fsp3) is 0.375. The maximum Gasteiger partial charge on any atom is 0.224 e. The van der Waals surface area contributed by atoms with Crippen LogP contribution in [-0.4, -0.2) is 50.5 Å². The molecule has 0 radical (unpaired) electrons. The molecule has 4 N–H and O–H groups in total.